The second-order valence-electron chi connectivity index (χ2n) is 5.41. The zero-order valence-corrected chi connectivity index (χ0v) is 14.0. The van der Waals surface area contributed by atoms with Gasteiger partial charge in [0.25, 0.3) is 0 Å². The first-order valence-electron chi connectivity index (χ1n) is 8.01. The fourth-order valence-electron chi connectivity index (χ4n) is 2.53. The second kappa shape index (κ2) is 7.52. The average Bonchev–Trinajstić information content (AvgIpc) is 3.02. The van der Waals surface area contributed by atoms with Crippen molar-refractivity contribution < 1.29 is 19.4 Å². The highest BCUT2D eigenvalue weighted by atomic mass is 16.5. The van der Waals surface area contributed by atoms with Gasteiger partial charge in [0.05, 0.1) is 12.2 Å². The fraction of sp³-hybridized carbons (Fsp3) is 0.105. The molecule has 0 aliphatic heterocycles. The number of carboxylic acids is 1. The first-order valence-corrected chi connectivity index (χ1v) is 8.01. The van der Waals surface area contributed by atoms with Gasteiger partial charge in [-0.25, -0.2) is 14.6 Å². The molecule has 0 spiro atoms. The van der Waals surface area contributed by atoms with Crippen molar-refractivity contribution >= 4 is 40.6 Å². The van der Waals surface area contributed by atoms with Gasteiger partial charge in [0.2, 0.25) is 0 Å². The summed E-state index contributed by atoms with van der Waals surface area (Å²) in [6, 6.07) is 12.3. The van der Waals surface area contributed by atoms with Gasteiger partial charge in [-0.3, -0.25) is 5.32 Å². The molecule has 0 unspecified atom stereocenters. The van der Waals surface area contributed by atoms with Crippen molar-refractivity contribution in [1.82, 2.24) is 9.97 Å². The molecule has 7 heteroatoms. The molecule has 0 saturated carbocycles. The minimum absolute atomic E-state index is 0.181. The number of anilines is 1. The van der Waals surface area contributed by atoms with E-state index in [1.165, 1.54) is 0 Å². The lowest BCUT2D eigenvalue weighted by molar-refractivity contribution is -0.130. The van der Waals surface area contributed by atoms with E-state index in [1.54, 1.807) is 55.6 Å². The maximum Gasteiger partial charge on any atom is 0.412 e. The lowest BCUT2D eigenvalue weighted by Crippen LogP contribution is -2.14. The van der Waals surface area contributed by atoms with E-state index in [1.807, 2.05) is 6.07 Å². The maximum absolute atomic E-state index is 11.6. The third-order valence-electron chi connectivity index (χ3n) is 3.69. The van der Waals surface area contributed by atoms with Crippen LogP contribution in [-0.4, -0.2) is 33.7 Å². The van der Waals surface area contributed by atoms with Gasteiger partial charge >= 0.3 is 12.1 Å². The standard InChI is InChI=1S/C19H17N3O4/c1-2-26-19(25)22-16-9-8-14-13(11-20-17(14)21-16)10-15(18(23)24)12-6-4-3-5-7-12/h3-11H,2H2,1H3,(H,23,24)(H2,20,21,22,25)/b15-10+. The van der Waals surface area contributed by atoms with Crippen LogP contribution in [0.2, 0.25) is 0 Å². The van der Waals surface area contributed by atoms with Crippen LogP contribution in [0.3, 0.4) is 0 Å². The number of aliphatic carboxylic acids is 1. The molecule has 0 fully saturated rings. The Morgan fingerprint density at radius 2 is 2.00 bits per heavy atom. The number of nitrogens with one attached hydrogen (secondary N) is 2. The molecule has 0 saturated heterocycles. The molecular formula is C19H17N3O4. The molecular weight excluding hydrogens is 334 g/mol. The number of rotatable bonds is 5. The zero-order chi connectivity index (χ0) is 18.5. The van der Waals surface area contributed by atoms with Crippen LogP contribution in [0.15, 0.2) is 48.7 Å². The molecule has 0 aliphatic carbocycles. The van der Waals surface area contributed by atoms with Crippen molar-refractivity contribution in [3.05, 3.63) is 59.8 Å². The number of carboxylic acid groups (broad SMARTS) is 1. The second-order valence-corrected chi connectivity index (χ2v) is 5.41. The SMILES string of the molecule is CCOC(=O)Nc1ccc2c(/C=C(/C(=O)O)c3ccccc3)c[nH]c2n1. The van der Waals surface area contributed by atoms with Crippen LogP contribution in [0.5, 0.6) is 0 Å². The number of aromatic nitrogens is 2. The summed E-state index contributed by atoms with van der Waals surface area (Å²) in [5, 5.41) is 12.8. The number of hydrogen-bond donors (Lipinski definition) is 3. The van der Waals surface area contributed by atoms with E-state index in [2.05, 4.69) is 15.3 Å². The smallest absolute Gasteiger partial charge is 0.412 e. The summed E-state index contributed by atoms with van der Waals surface area (Å²) in [6.45, 7) is 1.98. The summed E-state index contributed by atoms with van der Waals surface area (Å²) >= 11 is 0. The molecule has 0 bridgehead atoms. The number of pyridine rings is 1. The van der Waals surface area contributed by atoms with Gasteiger partial charge in [-0.2, -0.15) is 0 Å². The minimum atomic E-state index is -1.01. The molecule has 3 N–H and O–H groups in total. The Labute approximate surface area is 149 Å². The van der Waals surface area contributed by atoms with Crippen molar-refractivity contribution in [2.24, 2.45) is 0 Å². The average molecular weight is 351 g/mol. The number of ether oxygens (including phenoxy) is 1. The summed E-state index contributed by atoms with van der Waals surface area (Å²) in [4.78, 5) is 30.4. The molecule has 1 amide bonds. The summed E-state index contributed by atoms with van der Waals surface area (Å²) in [5.74, 6) is -0.672. The van der Waals surface area contributed by atoms with Gasteiger partial charge < -0.3 is 14.8 Å². The molecule has 132 valence electrons. The molecule has 3 rings (SSSR count). The van der Waals surface area contributed by atoms with Gasteiger partial charge in [-0.15, -0.1) is 0 Å². The topological polar surface area (TPSA) is 104 Å². The van der Waals surface area contributed by atoms with E-state index in [4.69, 9.17) is 4.74 Å². The molecule has 0 aliphatic rings. The van der Waals surface area contributed by atoms with Crippen LogP contribution in [0, 0.1) is 0 Å². The summed E-state index contributed by atoms with van der Waals surface area (Å²) in [6.07, 6.45) is 2.69. The normalized spacial score (nSPS) is 11.3. The van der Waals surface area contributed by atoms with Crippen LogP contribution in [-0.2, 0) is 9.53 Å². The number of benzene rings is 1. The quantitative estimate of drug-likeness (QED) is 0.607. The summed E-state index contributed by atoms with van der Waals surface area (Å²) in [7, 11) is 0. The van der Waals surface area contributed by atoms with E-state index in [0.717, 1.165) is 5.39 Å². The number of aromatic amines is 1. The lowest BCUT2D eigenvalue weighted by Gasteiger charge is -2.04. The Morgan fingerprint density at radius 3 is 2.69 bits per heavy atom. The van der Waals surface area contributed by atoms with Crippen LogP contribution in [0.4, 0.5) is 10.6 Å². The Morgan fingerprint density at radius 1 is 1.23 bits per heavy atom. The Balaban J connectivity index is 1.95. The number of nitrogens with zero attached hydrogens (tertiary/aromatic N) is 1. The molecule has 7 nitrogen and oxygen atoms in total. The number of carbonyl (C=O) groups excluding carboxylic acids is 1. The fourth-order valence-corrected chi connectivity index (χ4v) is 2.53. The first kappa shape index (κ1) is 17.2. The van der Waals surface area contributed by atoms with E-state index < -0.39 is 12.1 Å². The van der Waals surface area contributed by atoms with E-state index in [9.17, 15) is 14.7 Å². The van der Waals surface area contributed by atoms with Crippen molar-refractivity contribution in [3.63, 3.8) is 0 Å². The third-order valence-corrected chi connectivity index (χ3v) is 3.69. The first-order chi connectivity index (χ1) is 12.6. The number of amides is 1. The molecule has 0 radical (unpaired) electrons. The van der Waals surface area contributed by atoms with Gasteiger partial charge in [0.1, 0.15) is 11.5 Å². The molecule has 0 atom stereocenters. The van der Waals surface area contributed by atoms with E-state index in [-0.39, 0.29) is 12.2 Å². The third kappa shape index (κ3) is 3.72. The number of hydrogen-bond acceptors (Lipinski definition) is 4. The summed E-state index contributed by atoms with van der Waals surface area (Å²) < 4.78 is 4.82. The predicted molar refractivity (Wildman–Crippen MR) is 98.7 cm³/mol. The van der Waals surface area contributed by atoms with Crippen LogP contribution >= 0.6 is 0 Å². The molecule has 3 aromatic rings. The van der Waals surface area contributed by atoms with Gasteiger partial charge in [-0.1, -0.05) is 30.3 Å². The monoisotopic (exact) mass is 351 g/mol. The summed E-state index contributed by atoms with van der Waals surface area (Å²) in [5.41, 5.74) is 2.02. The highest BCUT2D eigenvalue weighted by Crippen LogP contribution is 2.24. The highest BCUT2D eigenvalue weighted by Gasteiger charge is 2.13. The van der Waals surface area contributed by atoms with Gasteiger partial charge in [-0.05, 0) is 30.7 Å². The number of H-pyrrole nitrogens is 1. The van der Waals surface area contributed by atoms with Crippen LogP contribution < -0.4 is 5.32 Å². The molecule has 1 aromatic carbocycles. The Hall–Kier alpha value is -3.61. The molecule has 26 heavy (non-hydrogen) atoms. The van der Waals surface area contributed by atoms with Gasteiger partial charge in [0.15, 0.2) is 0 Å². The predicted octanol–water partition coefficient (Wildman–Crippen LogP) is 3.76. The van der Waals surface area contributed by atoms with Crippen molar-refractivity contribution in [2.75, 3.05) is 11.9 Å². The van der Waals surface area contributed by atoms with Crippen molar-refractivity contribution in [1.29, 1.82) is 0 Å². The van der Waals surface area contributed by atoms with E-state index in [0.29, 0.717) is 22.6 Å². The Kier molecular flexibility index (Phi) is 4.98. The number of carbonyl (C=O) groups is 2. The van der Waals surface area contributed by atoms with Crippen molar-refractivity contribution in [2.45, 2.75) is 6.92 Å². The lowest BCUT2D eigenvalue weighted by atomic mass is 10.0. The minimum Gasteiger partial charge on any atom is -0.478 e. The van der Waals surface area contributed by atoms with Crippen LogP contribution in [0.1, 0.15) is 18.1 Å². The zero-order valence-electron chi connectivity index (χ0n) is 14.0. The van der Waals surface area contributed by atoms with E-state index >= 15 is 0 Å². The Bertz CT molecular complexity index is 977. The number of fused-ring (bicyclic) bond motifs is 1. The van der Waals surface area contributed by atoms with Crippen LogP contribution in [0.25, 0.3) is 22.7 Å². The highest BCUT2D eigenvalue weighted by molar-refractivity contribution is 6.21. The molecule has 2 aromatic heterocycles. The largest absolute Gasteiger partial charge is 0.478 e. The van der Waals surface area contributed by atoms with Gasteiger partial charge in [0, 0.05) is 17.1 Å². The molecule has 2 heterocycles. The maximum atomic E-state index is 11.6. The van der Waals surface area contributed by atoms with Crippen molar-refractivity contribution in [3.8, 4) is 0 Å².